The zero-order valence-electron chi connectivity index (χ0n) is 9.20. The number of hydrogen-bond acceptors (Lipinski definition) is 4. The lowest BCUT2D eigenvalue weighted by Crippen LogP contribution is -2.39. The molecule has 7 heteroatoms. The first-order valence-corrected chi connectivity index (χ1v) is 5.32. The molecule has 1 aromatic rings. The molecule has 0 bridgehead atoms. The van der Waals surface area contributed by atoms with Crippen LogP contribution in [0, 0.1) is 0 Å². The Kier molecular flexibility index (Phi) is 5.22. The minimum atomic E-state index is -0.610. The van der Waals surface area contributed by atoms with Gasteiger partial charge in [-0.3, -0.25) is 10.1 Å². The van der Waals surface area contributed by atoms with Gasteiger partial charge in [-0.2, -0.15) is 0 Å². The van der Waals surface area contributed by atoms with E-state index in [1.54, 1.807) is 18.3 Å². The number of alkyl halides is 1. The van der Waals surface area contributed by atoms with E-state index in [1.165, 1.54) is 7.11 Å². The summed E-state index contributed by atoms with van der Waals surface area (Å²) in [5.74, 6) is -0.386. The van der Waals surface area contributed by atoms with Gasteiger partial charge in [0.2, 0.25) is 11.8 Å². The van der Waals surface area contributed by atoms with Gasteiger partial charge in [-0.15, -0.1) is 11.6 Å². The summed E-state index contributed by atoms with van der Waals surface area (Å²) in [6, 6.07) is 2.87. The van der Waals surface area contributed by atoms with Gasteiger partial charge in [-0.1, -0.05) is 6.07 Å². The van der Waals surface area contributed by atoms with E-state index in [4.69, 9.17) is 16.3 Å². The van der Waals surface area contributed by atoms with Crippen LogP contribution in [0.25, 0.3) is 0 Å². The molecule has 0 spiro atoms. The highest BCUT2D eigenvalue weighted by Crippen LogP contribution is 2.12. The number of halogens is 1. The van der Waals surface area contributed by atoms with Crippen molar-refractivity contribution in [2.75, 3.05) is 13.0 Å². The number of aromatic nitrogens is 1. The van der Waals surface area contributed by atoms with Gasteiger partial charge in [0.25, 0.3) is 0 Å². The Morgan fingerprint density at radius 3 is 2.94 bits per heavy atom. The molecule has 0 saturated heterocycles. The molecular formula is C10H12ClN3O3. The summed E-state index contributed by atoms with van der Waals surface area (Å²) in [5, 5.41) is 4.54. The zero-order chi connectivity index (χ0) is 12.7. The Morgan fingerprint density at radius 1 is 1.53 bits per heavy atom. The molecule has 2 N–H and O–H groups in total. The highest BCUT2D eigenvalue weighted by Gasteiger charge is 2.08. The Hall–Kier alpha value is -1.82. The molecule has 1 rings (SSSR count). The molecule has 0 aromatic carbocycles. The molecule has 3 amide bonds. The van der Waals surface area contributed by atoms with E-state index in [2.05, 4.69) is 15.6 Å². The number of urea groups is 1. The maximum absolute atomic E-state index is 11.2. The summed E-state index contributed by atoms with van der Waals surface area (Å²) in [7, 11) is 1.49. The van der Waals surface area contributed by atoms with Crippen LogP contribution in [0.3, 0.4) is 0 Å². The summed E-state index contributed by atoms with van der Waals surface area (Å²) in [5.41, 5.74) is 0.712. The van der Waals surface area contributed by atoms with Gasteiger partial charge in [-0.25, -0.2) is 9.78 Å². The minimum absolute atomic E-state index is 0.207. The topological polar surface area (TPSA) is 80.3 Å². The molecule has 92 valence electrons. The van der Waals surface area contributed by atoms with E-state index >= 15 is 0 Å². The van der Waals surface area contributed by atoms with Gasteiger partial charge in [0, 0.05) is 18.3 Å². The van der Waals surface area contributed by atoms with Crippen LogP contribution in [-0.4, -0.2) is 29.9 Å². The first kappa shape index (κ1) is 13.2. The standard InChI is InChI=1S/C10H12ClN3O3/c1-17-9-7(3-2-4-12-9)6-13-10(16)14-8(15)5-11/h2-4H,5-6H2,1H3,(H2,13,14,15,16). The normalized spacial score (nSPS) is 9.53. The lowest BCUT2D eigenvalue weighted by molar-refractivity contribution is -0.117. The van der Waals surface area contributed by atoms with Crippen molar-refractivity contribution in [1.29, 1.82) is 0 Å². The van der Waals surface area contributed by atoms with Crippen LogP contribution < -0.4 is 15.4 Å². The van der Waals surface area contributed by atoms with Crippen LogP contribution in [0.15, 0.2) is 18.3 Å². The van der Waals surface area contributed by atoms with E-state index in [-0.39, 0.29) is 12.4 Å². The van der Waals surface area contributed by atoms with Crippen LogP contribution in [0.5, 0.6) is 5.88 Å². The monoisotopic (exact) mass is 257 g/mol. The molecule has 0 saturated carbocycles. The van der Waals surface area contributed by atoms with Crippen LogP contribution in [0.4, 0.5) is 4.79 Å². The highest BCUT2D eigenvalue weighted by molar-refractivity contribution is 6.28. The van der Waals surface area contributed by atoms with Crippen LogP contribution in [-0.2, 0) is 11.3 Å². The third-order valence-electron chi connectivity index (χ3n) is 1.86. The largest absolute Gasteiger partial charge is 0.481 e. The van der Waals surface area contributed by atoms with E-state index in [9.17, 15) is 9.59 Å². The van der Waals surface area contributed by atoms with Crippen molar-refractivity contribution in [1.82, 2.24) is 15.6 Å². The van der Waals surface area contributed by atoms with Crippen molar-refractivity contribution < 1.29 is 14.3 Å². The van der Waals surface area contributed by atoms with E-state index in [1.807, 2.05) is 0 Å². The lowest BCUT2D eigenvalue weighted by atomic mass is 10.3. The van der Waals surface area contributed by atoms with Crippen molar-refractivity contribution in [2.24, 2.45) is 0 Å². The third kappa shape index (κ3) is 4.28. The van der Waals surface area contributed by atoms with Crippen LogP contribution in [0.2, 0.25) is 0 Å². The molecule has 0 fully saturated rings. The van der Waals surface area contributed by atoms with Crippen molar-refractivity contribution in [3.8, 4) is 5.88 Å². The summed E-state index contributed by atoms with van der Waals surface area (Å²) in [6.45, 7) is 0.207. The number of carbonyl (C=O) groups excluding carboxylic acids is 2. The highest BCUT2D eigenvalue weighted by atomic mass is 35.5. The zero-order valence-corrected chi connectivity index (χ0v) is 9.95. The third-order valence-corrected chi connectivity index (χ3v) is 2.10. The summed E-state index contributed by atoms with van der Waals surface area (Å²) >= 11 is 5.24. The Bertz CT molecular complexity index is 412. The second-order valence-electron chi connectivity index (χ2n) is 3.04. The molecule has 0 aliphatic carbocycles. The number of methoxy groups -OCH3 is 1. The number of nitrogens with one attached hydrogen (secondary N) is 2. The van der Waals surface area contributed by atoms with Gasteiger partial charge in [-0.05, 0) is 6.07 Å². The van der Waals surface area contributed by atoms with Crippen molar-refractivity contribution in [2.45, 2.75) is 6.54 Å². The van der Waals surface area contributed by atoms with Crippen LogP contribution in [0.1, 0.15) is 5.56 Å². The molecule has 0 atom stereocenters. The van der Waals surface area contributed by atoms with Gasteiger partial charge in [0.1, 0.15) is 5.88 Å². The second kappa shape index (κ2) is 6.70. The van der Waals surface area contributed by atoms with E-state index in [0.717, 1.165) is 0 Å². The van der Waals surface area contributed by atoms with E-state index < -0.39 is 11.9 Å². The van der Waals surface area contributed by atoms with Crippen molar-refractivity contribution in [3.05, 3.63) is 23.9 Å². The average Bonchev–Trinajstić information content (AvgIpc) is 2.36. The number of hydrogen-bond donors (Lipinski definition) is 2. The van der Waals surface area contributed by atoms with Crippen molar-refractivity contribution in [3.63, 3.8) is 0 Å². The maximum Gasteiger partial charge on any atom is 0.321 e. The minimum Gasteiger partial charge on any atom is -0.481 e. The van der Waals surface area contributed by atoms with E-state index in [0.29, 0.717) is 11.4 Å². The Labute approximate surface area is 103 Å². The number of nitrogens with zero attached hydrogens (tertiary/aromatic N) is 1. The number of ether oxygens (including phenoxy) is 1. The fraction of sp³-hybridized carbons (Fsp3) is 0.300. The quantitative estimate of drug-likeness (QED) is 0.777. The summed E-state index contributed by atoms with van der Waals surface area (Å²) in [6.07, 6.45) is 1.58. The molecule has 1 aromatic heterocycles. The number of carbonyl (C=O) groups is 2. The Morgan fingerprint density at radius 2 is 2.29 bits per heavy atom. The molecule has 0 aliphatic heterocycles. The SMILES string of the molecule is COc1ncccc1CNC(=O)NC(=O)CCl. The number of pyridine rings is 1. The fourth-order valence-corrected chi connectivity index (χ4v) is 1.19. The predicted octanol–water partition coefficient (Wildman–Crippen LogP) is 0.655. The molecule has 0 unspecified atom stereocenters. The molecule has 1 heterocycles. The Balaban J connectivity index is 2.50. The van der Waals surface area contributed by atoms with Crippen molar-refractivity contribution >= 4 is 23.5 Å². The fourth-order valence-electron chi connectivity index (χ4n) is 1.12. The number of amides is 3. The number of imide groups is 1. The summed E-state index contributed by atoms with van der Waals surface area (Å²) < 4.78 is 5.01. The average molecular weight is 258 g/mol. The van der Waals surface area contributed by atoms with Gasteiger partial charge in [0.05, 0.1) is 7.11 Å². The summed E-state index contributed by atoms with van der Waals surface area (Å²) in [4.78, 5) is 26.0. The smallest absolute Gasteiger partial charge is 0.321 e. The van der Waals surface area contributed by atoms with Crippen LogP contribution >= 0.6 is 11.6 Å². The molecule has 17 heavy (non-hydrogen) atoms. The van der Waals surface area contributed by atoms with Gasteiger partial charge < -0.3 is 10.1 Å². The molecular weight excluding hydrogens is 246 g/mol. The first-order chi connectivity index (χ1) is 8.17. The molecule has 6 nitrogen and oxygen atoms in total. The second-order valence-corrected chi connectivity index (χ2v) is 3.30. The van der Waals surface area contributed by atoms with Gasteiger partial charge >= 0.3 is 6.03 Å². The predicted molar refractivity (Wildman–Crippen MR) is 61.9 cm³/mol. The lowest BCUT2D eigenvalue weighted by Gasteiger charge is -2.08. The number of rotatable bonds is 4. The molecule has 0 radical (unpaired) electrons. The van der Waals surface area contributed by atoms with Gasteiger partial charge in [0.15, 0.2) is 0 Å². The maximum atomic E-state index is 11.2. The molecule has 0 aliphatic rings. The first-order valence-electron chi connectivity index (χ1n) is 4.79.